The molecule has 1 aromatic rings. The molecule has 0 saturated carbocycles. The van der Waals surface area contributed by atoms with Gasteiger partial charge in [0.2, 0.25) is 5.91 Å². The number of nitrogens with one attached hydrogen (secondary N) is 1. The molecule has 2 amide bonds. The molecule has 0 bridgehead atoms. The maximum Gasteiger partial charge on any atom is 0.251 e. The van der Waals surface area contributed by atoms with Gasteiger partial charge in [-0.1, -0.05) is 0 Å². The summed E-state index contributed by atoms with van der Waals surface area (Å²) in [4.78, 5) is 24.4. The van der Waals surface area contributed by atoms with Gasteiger partial charge in [0, 0.05) is 13.6 Å². The number of amides is 2. The molecule has 1 fully saturated rings. The number of carbonyl (C=O) groups is 2. The number of likely N-dealkylation sites (tertiary alicyclic amines) is 1. The van der Waals surface area contributed by atoms with E-state index in [9.17, 15) is 9.59 Å². The number of hydrogen-bond acceptors (Lipinski definition) is 5. The van der Waals surface area contributed by atoms with Gasteiger partial charge in [0.05, 0.1) is 17.8 Å². The number of aryl methyl sites for hydroxylation is 2. The molecule has 7 heteroatoms. The van der Waals surface area contributed by atoms with E-state index >= 15 is 0 Å². The van der Waals surface area contributed by atoms with Crippen molar-refractivity contribution in [2.45, 2.75) is 32.9 Å². The maximum atomic E-state index is 11.8. The number of anilines is 2. The Bertz CT molecular complexity index is 508. The average molecular weight is 251 g/mol. The molecule has 2 heterocycles. The summed E-state index contributed by atoms with van der Waals surface area (Å²) < 4.78 is 1.70. The van der Waals surface area contributed by atoms with Crippen molar-refractivity contribution in [1.29, 1.82) is 0 Å². The molecule has 0 radical (unpaired) electrons. The molecular weight excluding hydrogens is 234 g/mol. The summed E-state index contributed by atoms with van der Waals surface area (Å²) in [6, 6.07) is -0.550. The third-order valence-corrected chi connectivity index (χ3v) is 3.17. The predicted molar refractivity (Wildman–Crippen MR) is 66.9 cm³/mol. The number of imide groups is 1. The first-order valence-corrected chi connectivity index (χ1v) is 5.85. The summed E-state index contributed by atoms with van der Waals surface area (Å²) in [6.45, 7) is 4.39. The summed E-state index contributed by atoms with van der Waals surface area (Å²) in [5, 5.41) is 7.28. The van der Waals surface area contributed by atoms with Crippen molar-refractivity contribution in [3.8, 4) is 0 Å². The summed E-state index contributed by atoms with van der Waals surface area (Å²) >= 11 is 0. The highest BCUT2D eigenvalue weighted by molar-refractivity contribution is 6.06. The van der Waals surface area contributed by atoms with E-state index in [4.69, 9.17) is 5.73 Å². The van der Waals surface area contributed by atoms with Crippen LogP contribution in [0.5, 0.6) is 0 Å². The zero-order valence-electron chi connectivity index (χ0n) is 10.7. The van der Waals surface area contributed by atoms with Crippen LogP contribution in [-0.2, 0) is 16.1 Å². The van der Waals surface area contributed by atoms with Crippen LogP contribution >= 0.6 is 0 Å². The molecule has 7 nitrogen and oxygen atoms in total. The number of carbonyl (C=O) groups excluding carboxylic acids is 2. The quantitative estimate of drug-likeness (QED) is 0.735. The van der Waals surface area contributed by atoms with Crippen LogP contribution in [-0.4, -0.2) is 39.6 Å². The van der Waals surface area contributed by atoms with Gasteiger partial charge in [-0.25, -0.2) is 4.68 Å². The van der Waals surface area contributed by atoms with Crippen molar-refractivity contribution >= 4 is 23.3 Å². The minimum atomic E-state index is -0.550. The zero-order chi connectivity index (χ0) is 13.4. The molecule has 1 unspecified atom stereocenters. The van der Waals surface area contributed by atoms with E-state index in [1.807, 2.05) is 6.92 Å². The first-order chi connectivity index (χ1) is 8.45. The van der Waals surface area contributed by atoms with Gasteiger partial charge < -0.3 is 11.1 Å². The van der Waals surface area contributed by atoms with Crippen molar-refractivity contribution in [2.24, 2.45) is 0 Å². The van der Waals surface area contributed by atoms with Crippen molar-refractivity contribution in [3.63, 3.8) is 0 Å². The molecule has 1 aromatic heterocycles. The van der Waals surface area contributed by atoms with Crippen molar-refractivity contribution in [2.75, 3.05) is 18.1 Å². The Morgan fingerprint density at radius 3 is 2.67 bits per heavy atom. The van der Waals surface area contributed by atoms with Crippen LogP contribution in [0, 0.1) is 6.92 Å². The normalized spacial score (nSPS) is 19.7. The molecule has 1 aliphatic rings. The highest BCUT2D eigenvalue weighted by Gasteiger charge is 2.36. The number of nitrogens with two attached hydrogens (primary N) is 1. The fourth-order valence-electron chi connectivity index (χ4n) is 2.01. The number of hydrogen-bond donors (Lipinski definition) is 2. The Kier molecular flexibility index (Phi) is 2.98. The number of nitrogens with zero attached hydrogens (tertiary/aromatic N) is 3. The van der Waals surface area contributed by atoms with Crippen LogP contribution in [0.1, 0.15) is 19.0 Å². The zero-order valence-corrected chi connectivity index (χ0v) is 10.7. The van der Waals surface area contributed by atoms with Crippen molar-refractivity contribution in [3.05, 3.63) is 5.69 Å². The monoisotopic (exact) mass is 251 g/mol. The first-order valence-electron chi connectivity index (χ1n) is 5.85. The highest BCUT2D eigenvalue weighted by Crippen LogP contribution is 2.25. The fourth-order valence-corrected chi connectivity index (χ4v) is 2.01. The molecule has 98 valence electrons. The number of aromatic nitrogens is 2. The van der Waals surface area contributed by atoms with Gasteiger partial charge in [-0.3, -0.25) is 14.5 Å². The van der Waals surface area contributed by atoms with Gasteiger partial charge >= 0.3 is 0 Å². The molecule has 1 atom stereocenters. The first kappa shape index (κ1) is 12.4. The molecule has 18 heavy (non-hydrogen) atoms. The topological polar surface area (TPSA) is 93.2 Å². The minimum absolute atomic E-state index is 0.155. The second kappa shape index (κ2) is 4.32. The van der Waals surface area contributed by atoms with E-state index in [1.165, 1.54) is 7.05 Å². The molecule has 0 spiro atoms. The van der Waals surface area contributed by atoms with Crippen LogP contribution in [0.15, 0.2) is 0 Å². The predicted octanol–water partition coefficient (Wildman–Crippen LogP) is -0.0372. The second-order valence-corrected chi connectivity index (χ2v) is 4.36. The Morgan fingerprint density at radius 2 is 2.17 bits per heavy atom. The molecule has 1 saturated heterocycles. The third kappa shape index (κ3) is 1.81. The molecule has 1 aliphatic heterocycles. The van der Waals surface area contributed by atoms with Gasteiger partial charge in [0.15, 0.2) is 0 Å². The van der Waals surface area contributed by atoms with Crippen molar-refractivity contribution < 1.29 is 9.59 Å². The Labute approximate surface area is 105 Å². The summed E-state index contributed by atoms with van der Waals surface area (Å²) in [7, 11) is 1.48. The standard InChI is InChI=1S/C11H17N5O2/c1-4-16-10(9(12)6(2)14-16)13-7-5-8(17)15(3)11(7)18/h7,13H,4-5,12H2,1-3H3. The van der Waals surface area contributed by atoms with Crippen LogP contribution in [0.2, 0.25) is 0 Å². The van der Waals surface area contributed by atoms with Gasteiger partial charge in [0.1, 0.15) is 11.9 Å². The second-order valence-electron chi connectivity index (χ2n) is 4.36. The van der Waals surface area contributed by atoms with Crippen LogP contribution in [0.4, 0.5) is 11.5 Å². The number of nitrogen functional groups attached to an aromatic ring is 1. The van der Waals surface area contributed by atoms with Crippen LogP contribution in [0.3, 0.4) is 0 Å². The lowest BCUT2D eigenvalue weighted by Crippen LogP contribution is -2.32. The molecular formula is C11H17N5O2. The van der Waals surface area contributed by atoms with Gasteiger partial charge in [0.25, 0.3) is 5.91 Å². The molecule has 0 aromatic carbocycles. The maximum absolute atomic E-state index is 11.8. The van der Waals surface area contributed by atoms with Gasteiger partial charge in [-0.2, -0.15) is 5.10 Å². The number of rotatable bonds is 3. The molecule has 3 N–H and O–H groups in total. The average Bonchev–Trinajstić information content (AvgIpc) is 2.75. The Hall–Kier alpha value is -2.05. The summed E-state index contributed by atoms with van der Waals surface area (Å²) in [6.07, 6.45) is 0.155. The van der Waals surface area contributed by atoms with E-state index in [2.05, 4.69) is 10.4 Å². The van der Waals surface area contributed by atoms with Crippen LogP contribution < -0.4 is 11.1 Å². The van der Waals surface area contributed by atoms with Crippen molar-refractivity contribution in [1.82, 2.24) is 14.7 Å². The lowest BCUT2D eigenvalue weighted by Gasteiger charge is -2.14. The van der Waals surface area contributed by atoms with E-state index in [0.717, 1.165) is 4.90 Å². The summed E-state index contributed by atoms with van der Waals surface area (Å²) in [5.41, 5.74) is 7.15. The van der Waals surface area contributed by atoms with E-state index in [1.54, 1.807) is 11.6 Å². The third-order valence-electron chi connectivity index (χ3n) is 3.17. The lowest BCUT2D eigenvalue weighted by atomic mass is 10.2. The smallest absolute Gasteiger partial charge is 0.251 e. The van der Waals surface area contributed by atoms with Gasteiger partial charge in [-0.15, -0.1) is 0 Å². The Morgan fingerprint density at radius 1 is 1.50 bits per heavy atom. The highest BCUT2D eigenvalue weighted by atomic mass is 16.2. The minimum Gasteiger partial charge on any atom is -0.394 e. The SMILES string of the molecule is CCn1nc(C)c(N)c1NC1CC(=O)N(C)C1=O. The molecule has 0 aliphatic carbocycles. The fraction of sp³-hybridized carbons (Fsp3) is 0.545. The Balaban J connectivity index is 2.25. The largest absolute Gasteiger partial charge is 0.394 e. The van der Waals surface area contributed by atoms with E-state index in [-0.39, 0.29) is 18.2 Å². The van der Waals surface area contributed by atoms with Gasteiger partial charge in [-0.05, 0) is 13.8 Å². The number of likely N-dealkylation sites (N-methyl/N-ethyl adjacent to an activating group) is 1. The molecule has 2 rings (SSSR count). The van der Waals surface area contributed by atoms with E-state index < -0.39 is 6.04 Å². The van der Waals surface area contributed by atoms with E-state index in [0.29, 0.717) is 23.7 Å². The lowest BCUT2D eigenvalue weighted by molar-refractivity contribution is -0.136. The summed E-state index contributed by atoms with van der Waals surface area (Å²) in [5.74, 6) is 0.188. The van der Waals surface area contributed by atoms with Crippen LogP contribution in [0.25, 0.3) is 0 Å².